The van der Waals surface area contributed by atoms with Gasteiger partial charge in [-0.2, -0.15) is 0 Å². The predicted molar refractivity (Wildman–Crippen MR) is 101 cm³/mol. The average molecular weight is 380 g/mol. The Morgan fingerprint density at radius 1 is 1.11 bits per heavy atom. The summed E-state index contributed by atoms with van der Waals surface area (Å²) in [6.07, 6.45) is 7.89. The molecule has 1 aromatic carbocycles. The van der Waals surface area contributed by atoms with E-state index in [1.165, 1.54) is 0 Å². The van der Waals surface area contributed by atoms with E-state index in [1.54, 1.807) is 18.2 Å². The van der Waals surface area contributed by atoms with Gasteiger partial charge in [0.1, 0.15) is 0 Å². The summed E-state index contributed by atoms with van der Waals surface area (Å²) in [6, 6.07) is 3.35. The molecule has 3 nitrogen and oxygen atoms in total. The lowest BCUT2D eigenvalue weighted by Crippen LogP contribution is -2.29. The molecular weight excluding hydrogens is 350 g/mol. The molecule has 0 saturated heterocycles. The van der Waals surface area contributed by atoms with Gasteiger partial charge in [0.2, 0.25) is 0 Å². The maximum atomic E-state index is 14.8. The zero-order chi connectivity index (χ0) is 19.4. The van der Waals surface area contributed by atoms with Crippen LogP contribution in [0.3, 0.4) is 0 Å². The molecule has 0 amide bonds. The van der Waals surface area contributed by atoms with Crippen LogP contribution in [0.2, 0.25) is 0 Å². The van der Waals surface area contributed by atoms with Crippen LogP contribution in [0.1, 0.15) is 81.8 Å². The van der Waals surface area contributed by atoms with E-state index >= 15 is 0 Å². The Morgan fingerprint density at radius 3 is 2.48 bits per heavy atom. The molecule has 0 heterocycles. The van der Waals surface area contributed by atoms with Crippen LogP contribution in [0.5, 0.6) is 0 Å². The number of ether oxygens (including phenoxy) is 1. The molecule has 2 aliphatic rings. The smallest absolute Gasteiger partial charge is 0.166 e. The Kier molecular flexibility index (Phi) is 6.66. The summed E-state index contributed by atoms with van der Waals surface area (Å²) in [5, 5.41) is 19.2. The number of halogens is 2. The highest BCUT2D eigenvalue weighted by Crippen LogP contribution is 2.39. The predicted octanol–water partition coefficient (Wildman–Crippen LogP) is 5.06. The Balaban J connectivity index is 1.67. The van der Waals surface area contributed by atoms with E-state index in [0.29, 0.717) is 17.6 Å². The van der Waals surface area contributed by atoms with Crippen molar-refractivity contribution in [1.29, 1.82) is 0 Å². The fourth-order valence-corrected chi connectivity index (χ4v) is 4.13. The molecule has 1 fully saturated rings. The molecule has 0 atom stereocenters. The van der Waals surface area contributed by atoms with Gasteiger partial charge < -0.3 is 14.9 Å². The van der Waals surface area contributed by atoms with Crippen molar-refractivity contribution >= 4 is 5.57 Å². The number of rotatable bonds is 6. The summed E-state index contributed by atoms with van der Waals surface area (Å²) in [7, 11) is 0. The number of hydrogen-bond acceptors (Lipinski definition) is 3. The van der Waals surface area contributed by atoms with Gasteiger partial charge in [0.15, 0.2) is 17.4 Å². The molecule has 0 radical (unpaired) electrons. The summed E-state index contributed by atoms with van der Waals surface area (Å²) in [4.78, 5) is 0. The maximum absolute atomic E-state index is 14.8. The average Bonchev–Trinajstić information content (AvgIpc) is 2.65. The normalized spacial score (nSPS) is 25.3. The van der Waals surface area contributed by atoms with Crippen molar-refractivity contribution in [2.45, 2.75) is 82.5 Å². The molecule has 2 N–H and O–H groups in total. The van der Waals surface area contributed by atoms with Gasteiger partial charge in [-0.25, -0.2) is 8.78 Å². The number of hydrogen-bond donors (Lipinski definition) is 2. The van der Waals surface area contributed by atoms with E-state index in [-0.39, 0.29) is 30.4 Å². The molecule has 0 unspecified atom stereocenters. The van der Waals surface area contributed by atoms with Gasteiger partial charge in [-0.15, -0.1) is 0 Å². The van der Waals surface area contributed by atoms with Crippen LogP contribution in [-0.4, -0.2) is 28.7 Å². The second kappa shape index (κ2) is 8.80. The summed E-state index contributed by atoms with van der Waals surface area (Å²) in [5.74, 6) is -3.28. The van der Waals surface area contributed by atoms with Crippen LogP contribution < -0.4 is 0 Å². The van der Waals surface area contributed by atoms with Crippen molar-refractivity contribution in [2.75, 3.05) is 6.61 Å². The third-order valence-electron chi connectivity index (χ3n) is 5.89. The number of aliphatic hydroxyl groups is 2. The van der Waals surface area contributed by atoms with Crippen LogP contribution in [0.15, 0.2) is 18.2 Å². The Bertz CT molecular complexity index is 676. The molecule has 3 rings (SSSR count). The standard InChI is InChI=1S/C22H30F2O3/c1-2-3-14-27-17-6-4-15(5-7-17)18-8-9-19(21(24)20(18)23)16-10-12-22(25,26)13-11-16/h8-10,15,17,25-26H,2-7,11-14H2,1H3. The number of unbranched alkanes of at least 4 members (excludes halogenated alkanes) is 1. The van der Waals surface area contributed by atoms with Crippen LogP contribution in [0.25, 0.3) is 5.57 Å². The quantitative estimate of drug-likeness (QED) is 0.536. The van der Waals surface area contributed by atoms with Crippen molar-refractivity contribution in [3.05, 3.63) is 41.0 Å². The molecule has 0 bridgehead atoms. The first-order valence-corrected chi connectivity index (χ1v) is 10.1. The molecule has 0 aromatic heterocycles. The van der Waals surface area contributed by atoms with E-state index in [2.05, 4.69) is 6.92 Å². The van der Waals surface area contributed by atoms with Gasteiger partial charge in [0, 0.05) is 25.0 Å². The second-order valence-electron chi connectivity index (χ2n) is 7.94. The van der Waals surface area contributed by atoms with E-state index in [9.17, 15) is 19.0 Å². The molecule has 5 heteroatoms. The number of allylic oxidation sites excluding steroid dienone is 1. The summed E-state index contributed by atoms with van der Waals surface area (Å²) >= 11 is 0. The highest BCUT2D eigenvalue weighted by molar-refractivity contribution is 5.67. The Morgan fingerprint density at radius 2 is 1.85 bits per heavy atom. The molecule has 1 aromatic rings. The Hall–Kier alpha value is -1.30. The largest absolute Gasteiger partial charge is 0.378 e. The van der Waals surface area contributed by atoms with Crippen LogP contribution in [0, 0.1) is 11.6 Å². The van der Waals surface area contributed by atoms with Crippen molar-refractivity contribution in [3.8, 4) is 0 Å². The highest BCUT2D eigenvalue weighted by atomic mass is 19.2. The van der Waals surface area contributed by atoms with Crippen molar-refractivity contribution in [2.24, 2.45) is 0 Å². The van der Waals surface area contributed by atoms with Crippen LogP contribution in [-0.2, 0) is 4.74 Å². The first-order chi connectivity index (χ1) is 12.9. The fraction of sp³-hybridized carbons (Fsp3) is 0.636. The highest BCUT2D eigenvalue weighted by Gasteiger charge is 2.30. The van der Waals surface area contributed by atoms with Gasteiger partial charge in [-0.1, -0.05) is 31.6 Å². The lowest BCUT2D eigenvalue weighted by Gasteiger charge is -2.30. The van der Waals surface area contributed by atoms with Crippen LogP contribution in [0.4, 0.5) is 8.78 Å². The van der Waals surface area contributed by atoms with Crippen molar-refractivity contribution in [1.82, 2.24) is 0 Å². The summed E-state index contributed by atoms with van der Waals surface area (Å²) in [5.41, 5.74) is 1.34. The lowest BCUT2D eigenvalue weighted by atomic mass is 9.81. The molecule has 0 spiro atoms. The Labute approximate surface area is 160 Å². The first-order valence-electron chi connectivity index (χ1n) is 10.1. The molecule has 2 aliphatic carbocycles. The minimum absolute atomic E-state index is 0.0300. The molecule has 0 aliphatic heterocycles. The number of benzene rings is 1. The topological polar surface area (TPSA) is 49.7 Å². The van der Waals surface area contributed by atoms with Crippen LogP contribution >= 0.6 is 0 Å². The van der Waals surface area contributed by atoms with E-state index in [1.807, 2.05) is 0 Å². The van der Waals surface area contributed by atoms with Gasteiger partial charge in [-0.05, 0) is 55.6 Å². The summed E-state index contributed by atoms with van der Waals surface area (Å²) in [6.45, 7) is 2.91. The monoisotopic (exact) mass is 380 g/mol. The maximum Gasteiger partial charge on any atom is 0.166 e. The fourth-order valence-electron chi connectivity index (χ4n) is 4.13. The van der Waals surface area contributed by atoms with Gasteiger partial charge >= 0.3 is 0 Å². The zero-order valence-electron chi connectivity index (χ0n) is 16.0. The minimum atomic E-state index is -1.74. The minimum Gasteiger partial charge on any atom is -0.378 e. The van der Waals surface area contributed by atoms with E-state index in [4.69, 9.17) is 4.74 Å². The molecular formula is C22H30F2O3. The second-order valence-corrected chi connectivity index (χ2v) is 7.94. The zero-order valence-corrected chi connectivity index (χ0v) is 16.0. The lowest BCUT2D eigenvalue weighted by molar-refractivity contribution is -0.163. The van der Waals surface area contributed by atoms with Gasteiger partial charge in [0.05, 0.1) is 6.10 Å². The van der Waals surface area contributed by atoms with E-state index < -0.39 is 17.4 Å². The van der Waals surface area contributed by atoms with E-state index in [0.717, 1.165) is 45.1 Å². The first kappa shape index (κ1) is 20.4. The van der Waals surface area contributed by atoms with Crippen molar-refractivity contribution < 1.29 is 23.7 Å². The third-order valence-corrected chi connectivity index (χ3v) is 5.89. The van der Waals surface area contributed by atoms with Gasteiger partial charge in [-0.3, -0.25) is 0 Å². The van der Waals surface area contributed by atoms with Crippen molar-refractivity contribution in [3.63, 3.8) is 0 Å². The third kappa shape index (κ3) is 4.95. The molecule has 27 heavy (non-hydrogen) atoms. The summed E-state index contributed by atoms with van der Waals surface area (Å²) < 4.78 is 35.3. The molecule has 1 saturated carbocycles. The SMILES string of the molecule is CCCCOC1CCC(c2ccc(C3=CCC(O)(O)CC3)c(F)c2F)CC1. The van der Waals surface area contributed by atoms with Gasteiger partial charge in [0.25, 0.3) is 0 Å². The molecule has 150 valence electrons.